The molecule has 0 spiro atoms. The number of amidine groups is 1. The summed E-state index contributed by atoms with van der Waals surface area (Å²) in [4.78, 5) is 4.39. The van der Waals surface area contributed by atoms with Crippen LogP contribution in [0, 0.1) is 11.6 Å². The van der Waals surface area contributed by atoms with Crippen LogP contribution >= 0.6 is 27.7 Å². The molecule has 0 fully saturated rings. The molecule has 0 aliphatic carbocycles. The Morgan fingerprint density at radius 3 is 2.88 bits per heavy atom. The predicted octanol–water partition coefficient (Wildman–Crippen LogP) is 4.02. The first kappa shape index (κ1) is 12.8. The van der Waals surface area contributed by atoms with E-state index in [2.05, 4.69) is 33.2 Å². The zero-order valence-electron chi connectivity index (χ0n) is 9.14. The second-order valence-corrected chi connectivity index (χ2v) is 5.54. The maximum Gasteiger partial charge on any atom is 0.161 e. The van der Waals surface area contributed by atoms with Crippen LogP contribution in [0.25, 0.3) is 0 Å². The minimum Gasteiger partial charge on any atom is -0.332 e. The van der Waals surface area contributed by atoms with Crippen molar-refractivity contribution >= 4 is 38.5 Å². The van der Waals surface area contributed by atoms with Gasteiger partial charge in [0.2, 0.25) is 0 Å². The molecule has 1 aromatic rings. The van der Waals surface area contributed by atoms with Gasteiger partial charge in [-0.25, -0.2) is 8.78 Å². The molecule has 1 aliphatic rings. The van der Waals surface area contributed by atoms with Gasteiger partial charge in [-0.2, -0.15) is 0 Å². The van der Waals surface area contributed by atoms with E-state index < -0.39 is 11.6 Å². The number of hydrogen-bond donors (Lipinski definition) is 1. The quantitative estimate of drug-likeness (QED) is 0.890. The predicted molar refractivity (Wildman–Crippen MR) is 71.7 cm³/mol. The highest BCUT2D eigenvalue weighted by Gasteiger charge is 2.19. The van der Waals surface area contributed by atoms with Crippen molar-refractivity contribution in [3.63, 3.8) is 0 Å². The fourth-order valence-corrected chi connectivity index (χ4v) is 3.03. The van der Waals surface area contributed by atoms with Gasteiger partial charge in [0.15, 0.2) is 11.0 Å². The lowest BCUT2D eigenvalue weighted by atomic mass is 10.3. The number of anilines is 1. The van der Waals surface area contributed by atoms with Crippen molar-refractivity contribution in [2.24, 2.45) is 4.99 Å². The molecule has 0 radical (unpaired) electrons. The summed E-state index contributed by atoms with van der Waals surface area (Å²) in [5.74, 6) is -0.327. The van der Waals surface area contributed by atoms with Gasteiger partial charge in [-0.05, 0) is 28.4 Å². The van der Waals surface area contributed by atoms with Crippen LogP contribution < -0.4 is 5.32 Å². The molecule has 6 heteroatoms. The van der Waals surface area contributed by atoms with Crippen molar-refractivity contribution < 1.29 is 8.78 Å². The van der Waals surface area contributed by atoms with Crippen LogP contribution in [-0.2, 0) is 0 Å². The van der Waals surface area contributed by atoms with Gasteiger partial charge in [-0.1, -0.05) is 18.7 Å². The van der Waals surface area contributed by atoms with E-state index in [1.54, 1.807) is 11.8 Å². The first-order valence-electron chi connectivity index (χ1n) is 5.22. The standard InChI is InChI=1S/C11H11BrF2N2S/c1-2-7-5-17-11(15-7)16-10-8(12)3-6(13)4-9(10)14/h3-4,7H,2,5H2,1H3,(H,15,16). The molecule has 0 saturated carbocycles. The molecule has 0 amide bonds. The number of nitrogens with zero attached hydrogens (tertiary/aromatic N) is 1. The van der Waals surface area contributed by atoms with E-state index in [-0.39, 0.29) is 11.7 Å². The van der Waals surface area contributed by atoms with Gasteiger partial charge in [0, 0.05) is 16.3 Å². The van der Waals surface area contributed by atoms with E-state index in [1.165, 1.54) is 6.07 Å². The Kier molecular flexibility index (Phi) is 4.04. The van der Waals surface area contributed by atoms with Crippen molar-refractivity contribution in [3.8, 4) is 0 Å². The molecule has 1 unspecified atom stereocenters. The summed E-state index contributed by atoms with van der Waals surface area (Å²) in [6, 6.07) is 2.36. The lowest BCUT2D eigenvalue weighted by Crippen LogP contribution is -2.08. The Labute approximate surface area is 111 Å². The summed E-state index contributed by atoms with van der Waals surface area (Å²) < 4.78 is 26.8. The minimum absolute atomic E-state index is 0.231. The molecule has 1 heterocycles. The molecule has 1 aliphatic heterocycles. The summed E-state index contributed by atoms with van der Waals surface area (Å²) in [6.45, 7) is 2.06. The zero-order valence-corrected chi connectivity index (χ0v) is 11.5. The Morgan fingerprint density at radius 1 is 1.53 bits per heavy atom. The third-order valence-corrected chi connectivity index (χ3v) is 4.08. The number of rotatable bonds is 2. The molecule has 2 nitrogen and oxygen atoms in total. The highest BCUT2D eigenvalue weighted by Crippen LogP contribution is 2.29. The number of halogens is 3. The molecule has 2 rings (SSSR count). The lowest BCUT2D eigenvalue weighted by Gasteiger charge is -2.08. The molecule has 0 aromatic heterocycles. The van der Waals surface area contributed by atoms with Gasteiger partial charge in [0.1, 0.15) is 5.82 Å². The fraction of sp³-hybridized carbons (Fsp3) is 0.364. The number of benzene rings is 1. The van der Waals surface area contributed by atoms with Crippen molar-refractivity contribution in [2.45, 2.75) is 19.4 Å². The largest absolute Gasteiger partial charge is 0.332 e. The first-order valence-corrected chi connectivity index (χ1v) is 7.00. The van der Waals surface area contributed by atoms with E-state index in [0.717, 1.165) is 18.2 Å². The number of aliphatic imine (C=N–C) groups is 1. The maximum atomic E-state index is 13.5. The van der Waals surface area contributed by atoms with Gasteiger partial charge in [-0.3, -0.25) is 4.99 Å². The van der Waals surface area contributed by atoms with E-state index in [1.807, 2.05) is 0 Å². The first-order chi connectivity index (χ1) is 8.10. The van der Waals surface area contributed by atoms with Gasteiger partial charge in [0.05, 0.1) is 11.7 Å². The monoisotopic (exact) mass is 320 g/mol. The smallest absolute Gasteiger partial charge is 0.161 e. The van der Waals surface area contributed by atoms with Crippen LogP contribution in [0.2, 0.25) is 0 Å². The molecule has 0 bridgehead atoms. The van der Waals surface area contributed by atoms with Crippen LogP contribution in [0.1, 0.15) is 13.3 Å². The summed E-state index contributed by atoms with van der Waals surface area (Å²) in [5, 5.41) is 3.58. The molecule has 17 heavy (non-hydrogen) atoms. The van der Waals surface area contributed by atoms with E-state index in [4.69, 9.17) is 0 Å². The normalized spacial score (nSPS) is 19.3. The number of hydrogen-bond acceptors (Lipinski definition) is 3. The van der Waals surface area contributed by atoms with Crippen molar-refractivity contribution in [2.75, 3.05) is 11.1 Å². The van der Waals surface area contributed by atoms with Crippen molar-refractivity contribution in [1.29, 1.82) is 0 Å². The van der Waals surface area contributed by atoms with Gasteiger partial charge < -0.3 is 5.32 Å². The van der Waals surface area contributed by atoms with Crippen LogP contribution in [0.15, 0.2) is 21.6 Å². The Bertz CT molecular complexity index is 442. The molecule has 1 atom stereocenters. The third kappa shape index (κ3) is 2.98. The summed E-state index contributed by atoms with van der Waals surface area (Å²) in [5.41, 5.74) is 0.231. The van der Waals surface area contributed by atoms with Crippen molar-refractivity contribution in [1.82, 2.24) is 0 Å². The number of thioether (sulfide) groups is 1. The average Bonchev–Trinajstić information content (AvgIpc) is 2.71. The molecule has 0 saturated heterocycles. The van der Waals surface area contributed by atoms with Crippen LogP contribution in [-0.4, -0.2) is 17.0 Å². The summed E-state index contributed by atoms with van der Waals surface area (Å²) >= 11 is 4.68. The lowest BCUT2D eigenvalue weighted by molar-refractivity contribution is 0.585. The Balaban J connectivity index is 2.20. The Morgan fingerprint density at radius 2 is 2.29 bits per heavy atom. The van der Waals surface area contributed by atoms with Gasteiger partial charge in [0.25, 0.3) is 0 Å². The fourth-order valence-electron chi connectivity index (χ4n) is 1.46. The van der Waals surface area contributed by atoms with Gasteiger partial charge >= 0.3 is 0 Å². The topological polar surface area (TPSA) is 24.4 Å². The van der Waals surface area contributed by atoms with Crippen LogP contribution in [0.5, 0.6) is 0 Å². The molecular weight excluding hydrogens is 310 g/mol. The highest BCUT2D eigenvalue weighted by molar-refractivity contribution is 9.10. The molecule has 1 aromatic carbocycles. The van der Waals surface area contributed by atoms with Gasteiger partial charge in [-0.15, -0.1) is 0 Å². The maximum absolute atomic E-state index is 13.5. The van der Waals surface area contributed by atoms with Crippen LogP contribution in [0.4, 0.5) is 14.5 Å². The second kappa shape index (κ2) is 5.35. The summed E-state index contributed by atoms with van der Waals surface area (Å²) in [6.07, 6.45) is 0.964. The SMILES string of the molecule is CCC1CSC(Nc2c(F)cc(F)cc2Br)=N1. The highest BCUT2D eigenvalue weighted by atomic mass is 79.9. The number of nitrogens with one attached hydrogen (secondary N) is 1. The second-order valence-electron chi connectivity index (χ2n) is 3.68. The third-order valence-electron chi connectivity index (χ3n) is 2.42. The molecule has 1 N–H and O–H groups in total. The van der Waals surface area contributed by atoms with Crippen LogP contribution in [0.3, 0.4) is 0 Å². The molecule has 92 valence electrons. The Hall–Kier alpha value is -0.620. The molecular formula is C11H11BrF2N2S. The average molecular weight is 321 g/mol. The van der Waals surface area contributed by atoms with E-state index >= 15 is 0 Å². The summed E-state index contributed by atoms with van der Waals surface area (Å²) in [7, 11) is 0. The van der Waals surface area contributed by atoms with E-state index in [0.29, 0.717) is 9.64 Å². The van der Waals surface area contributed by atoms with E-state index in [9.17, 15) is 8.78 Å². The zero-order chi connectivity index (χ0) is 12.4. The van der Waals surface area contributed by atoms with Crippen molar-refractivity contribution in [3.05, 3.63) is 28.2 Å². The minimum atomic E-state index is -0.625.